The Hall–Kier alpha value is 0.827. The Kier molecular flexibility index (Phi) is 5.38. The molecule has 0 fully saturated rings. The molecule has 0 saturated carbocycles. The molecule has 13 heavy (non-hydrogen) atoms. The zero-order chi connectivity index (χ0) is 10.7. The molecule has 0 N–H and O–H groups in total. The van der Waals surface area contributed by atoms with E-state index in [-0.39, 0.29) is 5.41 Å². The summed E-state index contributed by atoms with van der Waals surface area (Å²) in [5, 5.41) is 1.23. The van der Waals surface area contributed by atoms with Gasteiger partial charge in [-0.1, -0.05) is 61.2 Å². The molecule has 0 spiro atoms. The molecule has 0 rings (SSSR count). The summed E-state index contributed by atoms with van der Waals surface area (Å²) in [6, 6.07) is 0. The van der Waals surface area contributed by atoms with Gasteiger partial charge in [0, 0.05) is 5.41 Å². The van der Waals surface area contributed by atoms with Crippen LogP contribution in [0.1, 0.15) is 34.1 Å². The van der Waals surface area contributed by atoms with Gasteiger partial charge in [-0.25, -0.2) is 0 Å². The molecule has 0 amide bonds. The molecule has 0 aliphatic carbocycles. The quantitative estimate of drug-likeness (QED) is 0.525. The number of hydrogen-bond donors (Lipinski definition) is 0. The first kappa shape index (κ1) is 13.8. The van der Waals surface area contributed by atoms with E-state index in [1.54, 1.807) is 0 Å². The Labute approximate surface area is 97.6 Å². The molecule has 0 aromatic rings. The van der Waals surface area contributed by atoms with Crippen LogP contribution in [-0.2, 0) is 0 Å². The molecule has 0 saturated heterocycles. The molecular weight excluding hydrogens is 243 g/mol. The lowest BCUT2D eigenvalue weighted by molar-refractivity contribution is 0.541. The third-order valence-corrected chi connectivity index (χ3v) is 5.26. The van der Waals surface area contributed by atoms with Gasteiger partial charge in [-0.15, -0.1) is 0 Å². The predicted molar refractivity (Wildman–Crippen MR) is 66.9 cm³/mol. The summed E-state index contributed by atoms with van der Waals surface area (Å²) >= 11 is 17.7. The Morgan fingerprint density at radius 2 is 1.77 bits per heavy atom. The van der Waals surface area contributed by atoms with Crippen LogP contribution in [0.3, 0.4) is 0 Å². The minimum absolute atomic E-state index is 0.359. The van der Waals surface area contributed by atoms with Crippen molar-refractivity contribution in [3.63, 3.8) is 0 Å². The van der Waals surface area contributed by atoms with Crippen LogP contribution in [0.5, 0.6) is 0 Å². The SMILES string of the molecule is CCC=[Si]=C(C)C(C)(C)C(Cl)(Cl)Cl. The first-order valence-corrected chi connectivity index (χ1v) is 6.43. The van der Waals surface area contributed by atoms with Gasteiger partial charge in [0.25, 0.3) is 0 Å². The smallest absolute Gasteiger partial charge is 0.0827 e. The van der Waals surface area contributed by atoms with Gasteiger partial charge in [0.15, 0.2) is 3.79 Å². The molecule has 0 bridgehead atoms. The topological polar surface area (TPSA) is 0 Å². The normalized spacial score (nSPS) is 12.2. The minimum atomic E-state index is -1.22. The van der Waals surface area contributed by atoms with Crippen LogP contribution in [0.2, 0.25) is 0 Å². The summed E-state index contributed by atoms with van der Waals surface area (Å²) < 4.78 is -1.22. The molecule has 0 heterocycles. The number of rotatable bonds is 2. The second-order valence-corrected chi connectivity index (χ2v) is 7.23. The van der Waals surface area contributed by atoms with Crippen molar-refractivity contribution in [3.8, 4) is 0 Å². The van der Waals surface area contributed by atoms with E-state index in [1.165, 1.54) is 5.17 Å². The van der Waals surface area contributed by atoms with Crippen LogP contribution in [-0.4, -0.2) is 23.4 Å². The molecule has 0 aromatic carbocycles. The zero-order valence-electron chi connectivity index (χ0n) is 8.42. The van der Waals surface area contributed by atoms with Crippen molar-refractivity contribution in [2.75, 3.05) is 0 Å². The lowest BCUT2D eigenvalue weighted by Crippen LogP contribution is -2.36. The predicted octanol–water partition coefficient (Wildman–Crippen LogP) is 3.49. The Morgan fingerprint density at radius 1 is 1.31 bits per heavy atom. The van der Waals surface area contributed by atoms with Gasteiger partial charge in [-0.3, -0.25) is 0 Å². The lowest BCUT2D eigenvalue weighted by Gasteiger charge is -2.32. The van der Waals surface area contributed by atoms with Crippen molar-refractivity contribution in [2.24, 2.45) is 5.41 Å². The van der Waals surface area contributed by atoms with Crippen LogP contribution in [0.15, 0.2) is 0 Å². The van der Waals surface area contributed by atoms with E-state index in [1.807, 2.05) is 20.8 Å². The van der Waals surface area contributed by atoms with Crippen molar-refractivity contribution in [3.05, 3.63) is 0 Å². The van der Waals surface area contributed by atoms with E-state index < -0.39 is 3.79 Å². The van der Waals surface area contributed by atoms with Gasteiger partial charge in [-0.2, -0.15) is 0 Å². The first-order valence-electron chi connectivity index (χ1n) is 4.22. The molecule has 0 aliphatic heterocycles. The number of halogens is 3. The van der Waals surface area contributed by atoms with Crippen molar-refractivity contribution in [1.29, 1.82) is 0 Å². The van der Waals surface area contributed by atoms with E-state index in [0.717, 1.165) is 6.42 Å². The van der Waals surface area contributed by atoms with Crippen LogP contribution in [0, 0.1) is 5.41 Å². The summed E-state index contributed by atoms with van der Waals surface area (Å²) in [6.45, 7) is 8.09. The molecular formula is C9H15Cl3Si. The monoisotopic (exact) mass is 256 g/mol. The molecule has 0 radical (unpaired) electrons. The van der Waals surface area contributed by atoms with Crippen molar-refractivity contribution >= 4 is 54.4 Å². The van der Waals surface area contributed by atoms with Crippen molar-refractivity contribution in [1.82, 2.24) is 0 Å². The molecule has 0 aromatic heterocycles. The molecule has 0 atom stereocenters. The van der Waals surface area contributed by atoms with Crippen LogP contribution >= 0.6 is 34.8 Å². The molecule has 0 unspecified atom stereocenters. The zero-order valence-corrected chi connectivity index (χ0v) is 11.7. The van der Waals surface area contributed by atoms with Gasteiger partial charge in [0.05, 0.1) is 0 Å². The summed E-state index contributed by atoms with van der Waals surface area (Å²) in [6.07, 6.45) is 1.06. The van der Waals surface area contributed by atoms with Gasteiger partial charge >= 0.3 is 0 Å². The fraction of sp³-hybridized carbons (Fsp3) is 0.778. The summed E-state index contributed by atoms with van der Waals surface area (Å²) in [5.41, 5.74) is 1.86. The standard InChI is InChI=1S/C9H15Cl3Si/c1-5-6-13-7(2)8(3,4)9(10,11)12/h6H,5H2,1-4H3. The maximum Gasteiger partial charge on any atom is 0.199 e. The van der Waals surface area contributed by atoms with Crippen molar-refractivity contribution < 1.29 is 0 Å². The fourth-order valence-electron chi connectivity index (χ4n) is 0.648. The molecule has 76 valence electrons. The highest BCUT2D eigenvalue weighted by molar-refractivity contribution is 6.71. The largest absolute Gasteiger partial charge is 0.199 e. The highest BCUT2D eigenvalue weighted by atomic mass is 35.6. The fourth-order valence-corrected chi connectivity index (χ4v) is 2.37. The van der Waals surface area contributed by atoms with Crippen LogP contribution < -0.4 is 0 Å². The summed E-state index contributed by atoms with van der Waals surface area (Å²) in [4.78, 5) is 0. The number of alkyl halides is 3. The minimum Gasteiger partial charge on any atom is -0.0827 e. The van der Waals surface area contributed by atoms with E-state index in [4.69, 9.17) is 34.8 Å². The van der Waals surface area contributed by atoms with Gasteiger partial charge in [0.1, 0.15) is 0 Å². The van der Waals surface area contributed by atoms with E-state index in [2.05, 4.69) is 12.6 Å². The highest BCUT2D eigenvalue weighted by Gasteiger charge is 2.41. The second kappa shape index (κ2) is 5.06. The van der Waals surface area contributed by atoms with Gasteiger partial charge < -0.3 is 0 Å². The average molecular weight is 258 g/mol. The van der Waals surface area contributed by atoms with Crippen LogP contribution in [0.4, 0.5) is 0 Å². The third kappa shape index (κ3) is 3.82. The maximum absolute atomic E-state index is 5.90. The lowest BCUT2D eigenvalue weighted by atomic mass is 9.92. The Bertz CT molecular complexity index is 232. The first-order chi connectivity index (χ1) is 5.73. The number of hydrogen-bond acceptors (Lipinski definition) is 0. The van der Waals surface area contributed by atoms with E-state index in [9.17, 15) is 0 Å². The van der Waals surface area contributed by atoms with E-state index in [0.29, 0.717) is 8.74 Å². The third-order valence-electron chi connectivity index (χ3n) is 2.17. The van der Waals surface area contributed by atoms with Gasteiger partial charge in [-0.05, 0) is 27.3 Å². The second-order valence-electron chi connectivity index (χ2n) is 3.50. The van der Waals surface area contributed by atoms with E-state index >= 15 is 0 Å². The molecule has 0 aliphatic rings. The van der Waals surface area contributed by atoms with Crippen LogP contribution in [0.25, 0.3) is 0 Å². The maximum atomic E-state index is 5.90. The summed E-state index contributed by atoms with van der Waals surface area (Å²) in [5.74, 6) is 0. The molecule has 0 nitrogen and oxygen atoms in total. The highest BCUT2D eigenvalue weighted by Crippen LogP contribution is 2.44. The van der Waals surface area contributed by atoms with Gasteiger partial charge in [0.2, 0.25) is 0 Å². The Morgan fingerprint density at radius 3 is 2.08 bits per heavy atom. The summed E-state index contributed by atoms with van der Waals surface area (Å²) in [7, 11) is 0.669. The molecule has 4 heteroatoms. The van der Waals surface area contributed by atoms with Crippen molar-refractivity contribution in [2.45, 2.75) is 37.9 Å². The Balaban J connectivity index is 4.96. The average Bonchev–Trinajstić information content (AvgIpc) is 1.97.